The Hall–Kier alpha value is -3.10. The number of ether oxygens (including phenoxy) is 1. The number of hydrogen-bond acceptors (Lipinski definition) is 4. The first-order chi connectivity index (χ1) is 11.2. The van der Waals surface area contributed by atoms with Crippen LogP contribution in [0.2, 0.25) is 0 Å². The predicted octanol–water partition coefficient (Wildman–Crippen LogP) is 3.74. The number of anilines is 2. The fraction of sp³-hybridized carbons (Fsp3) is 0.0667. The van der Waals surface area contributed by atoms with E-state index >= 15 is 0 Å². The molecule has 24 heavy (non-hydrogen) atoms. The molecule has 0 aliphatic rings. The number of amides is 1. The number of rotatable bonds is 4. The lowest BCUT2D eigenvalue weighted by molar-refractivity contribution is -0.167. The van der Waals surface area contributed by atoms with Crippen LogP contribution in [0.5, 0.6) is 11.5 Å². The van der Waals surface area contributed by atoms with Crippen LogP contribution in [0.4, 0.5) is 29.1 Å². The van der Waals surface area contributed by atoms with Crippen molar-refractivity contribution in [2.45, 2.75) is 6.18 Å². The highest BCUT2D eigenvalue weighted by Crippen LogP contribution is 2.31. The minimum Gasteiger partial charge on any atom is -0.453 e. The van der Waals surface area contributed by atoms with Crippen LogP contribution in [0.15, 0.2) is 37.0 Å². The van der Waals surface area contributed by atoms with Crippen LogP contribution in [0.25, 0.3) is 6.08 Å². The molecule has 2 rings (SSSR count). The Bertz CT molecular complexity index is 791. The summed E-state index contributed by atoms with van der Waals surface area (Å²) >= 11 is 0. The molecule has 0 saturated heterocycles. The smallest absolute Gasteiger partial charge is 0.453 e. The molecule has 0 aliphatic carbocycles. The van der Waals surface area contributed by atoms with Crippen molar-refractivity contribution in [2.24, 2.45) is 0 Å². The van der Waals surface area contributed by atoms with E-state index in [0.717, 1.165) is 12.1 Å². The Labute approximate surface area is 133 Å². The van der Waals surface area contributed by atoms with Gasteiger partial charge in [0.25, 0.3) is 0 Å². The lowest BCUT2D eigenvalue weighted by Gasteiger charge is -2.12. The van der Waals surface area contributed by atoms with Crippen molar-refractivity contribution < 1.29 is 27.1 Å². The Balaban J connectivity index is 2.24. The van der Waals surface area contributed by atoms with E-state index in [0.29, 0.717) is 11.6 Å². The van der Waals surface area contributed by atoms with Gasteiger partial charge in [-0.15, -0.1) is 0 Å². The quantitative estimate of drug-likeness (QED) is 0.831. The normalized spacial score (nSPS) is 11.0. The third kappa shape index (κ3) is 3.80. The summed E-state index contributed by atoms with van der Waals surface area (Å²) in [5.74, 6) is -3.15. The van der Waals surface area contributed by atoms with Crippen molar-refractivity contribution >= 4 is 23.5 Å². The summed E-state index contributed by atoms with van der Waals surface area (Å²) in [6.07, 6.45) is -2.36. The molecule has 0 radical (unpaired) electrons. The van der Waals surface area contributed by atoms with E-state index in [4.69, 9.17) is 10.5 Å². The highest BCUT2D eigenvalue weighted by atomic mass is 19.4. The number of aromatic nitrogens is 1. The number of benzene rings is 1. The van der Waals surface area contributed by atoms with Gasteiger partial charge < -0.3 is 15.8 Å². The van der Waals surface area contributed by atoms with Gasteiger partial charge in [0.1, 0.15) is 11.6 Å². The van der Waals surface area contributed by atoms with Crippen molar-refractivity contribution in [1.82, 2.24) is 4.98 Å². The van der Waals surface area contributed by atoms with Crippen molar-refractivity contribution in [3.63, 3.8) is 0 Å². The summed E-state index contributed by atoms with van der Waals surface area (Å²) in [6.45, 7) is 3.54. The third-order valence-corrected chi connectivity index (χ3v) is 2.85. The highest BCUT2D eigenvalue weighted by Gasteiger charge is 2.38. The van der Waals surface area contributed by atoms with E-state index in [1.165, 1.54) is 23.7 Å². The maximum Gasteiger partial charge on any atom is 0.471 e. The molecule has 0 fully saturated rings. The van der Waals surface area contributed by atoms with E-state index in [1.54, 1.807) is 0 Å². The molecule has 2 aromatic rings. The second kappa shape index (κ2) is 6.57. The van der Waals surface area contributed by atoms with Gasteiger partial charge in [-0.1, -0.05) is 12.7 Å². The number of carbonyl (C=O) groups excluding carboxylic acids is 1. The second-order valence-electron chi connectivity index (χ2n) is 4.51. The molecule has 0 saturated carbocycles. The fourth-order valence-electron chi connectivity index (χ4n) is 1.75. The van der Waals surface area contributed by atoms with Crippen LogP contribution < -0.4 is 15.8 Å². The highest BCUT2D eigenvalue weighted by molar-refractivity contribution is 5.94. The van der Waals surface area contributed by atoms with Crippen LogP contribution in [0, 0.1) is 5.82 Å². The molecule has 0 atom stereocenters. The average molecular weight is 341 g/mol. The van der Waals surface area contributed by atoms with Crippen LogP contribution >= 0.6 is 0 Å². The number of nitrogens with one attached hydrogen (secondary N) is 1. The average Bonchev–Trinajstić information content (AvgIpc) is 2.49. The zero-order valence-corrected chi connectivity index (χ0v) is 12.0. The van der Waals surface area contributed by atoms with Gasteiger partial charge in [-0.25, -0.2) is 9.37 Å². The fourth-order valence-corrected chi connectivity index (χ4v) is 1.75. The lowest BCUT2D eigenvalue weighted by atomic mass is 10.2. The largest absolute Gasteiger partial charge is 0.471 e. The molecule has 0 spiro atoms. The van der Waals surface area contributed by atoms with Crippen molar-refractivity contribution in [2.75, 3.05) is 11.1 Å². The monoisotopic (exact) mass is 341 g/mol. The molecule has 5 nitrogen and oxygen atoms in total. The molecule has 0 aliphatic heterocycles. The summed E-state index contributed by atoms with van der Waals surface area (Å²) < 4.78 is 55.8. The maximum atomic E-state index is 14.0. The molecule has 1 amide bonds. The Morgan fingerprint density at radius 3 is 2.58 bits per heavy atom. The summed E-state index contributed by atoms with van der Waals surface area (Å²) in [5, 5.41) is 1.54. The topological polar surface area (TPSA) is 77.2 Å². The number of alkyl halides is 3. The van der Waals surface area contributed by atoms with Crippen LogP contribution in [0.1, 0.15) is 5.56 Å². The number of carbonyl (C=O) groups is 1. The van der Waals surface area contributed by atoms with E-state index in [1.807, 2.05) is 0 Å². The van der Waals surface area contributed by atoms with E-state index < -0.39 is 17.9 Å². The first-order valence-corrected chi connectivity index (χ1v) is 6.45. The summed E-state index contributed by atoms with van der Waals surface area (Å²) in [6, 6.07) is 4.27. The van der Waals surface area contributed by atoms with Gasteiger partial charge in [-0.2, -0.15) is 13.2 Å². The van der Waals surface area contributed by atoms with Gasteiger partial charge in [0.05, 0.1) is 5.56 Å². The minimum atomic E-state index is -5.07. The first kappa shape index (κ1) is 17.3. The van der Waals surface area contributed by atoms with Crippen molar-refractivity contribution in [3.8, 4) is 11.5 Å². The number of nitrogens with zero attached hydrogens (tertiary/aromatic N) is 1. The zero-order valence-electron chi connectivity index (χ0n) is 12.0. The molecule has 3 N–H and O–H groups in total. The van der Waals surface area contributed by atoms with Crippen LogP contribution in [-0.2, 0) is 4.79 Å². The minimum absolute atomic E-state index is 0.122. The molecule has 1 heterocycles. The van der Waals surface area contributed by atoms with Gasteiger partial charge >= 0.3 is 12.1 Å². The predicted molar refractivity (Wildman–Crippen MR) is 79.9 cm³/mol. The molecular formula is C15H11F4N3O2. The Morgan fingerprint density at radius 2 is 2.00 bits per heavy atom. The molecule has 1 aromatic heterocycles. The van der Waals surface area contributed by atoms with Gasteiger partial charge in [0, 0.05) is 18.0 Å². The van der Waals surface area contributed by atoms with Crippen molar-refractivity contribution in [1.29, 1.82) is 0 Å². The molecule has 9 heteroatoms. The summed E-state index contributed by atoms with van der Waals surface area (Å²) in [5.41, 5.74) is 5.61. The van der Waals surface area contributed by atoms with Crippen molar-refractivity contribution in [3.05, 3.63) is 48.4 Å². The molecular weight excluding hydrogens is 330 g/mol. The zero-order chi connectivity index (χ0) is 17.9. The SMILES string of the molecule is C=Cc1c(Oc2ccc(NC(=O)C(F)(F)F)cc2F)ccnc1N. The van der Waals surface area contributed by atoms with Crippen LogP contribution in [0.3, 0.4) is 0 Å². The van der Waals surface area contributed by atoms with Gasteiger partial charge in [0.2, 0.25) is 0 Å². The van der Waals surface area contributed by atoms with Gasteiger partial charge in [0.15, 0.2) is 11.6 Å². The molecule has 126 valence electrons. The summed E-state index contributed by atoms with van der Waals surface area (Å²) in [7, 11) is 0. The van der Waals surface area contributed by atoms with Gasteiger partial charge in [-0.05, 0) is 18.2 Å². The Kier molecular flexibility index (Phi) is 4.72. The maximum absolute atomic E-state index is 14.0. The summed E-state index contributed by atoms with van der Waals surface area (Å²) in [4.78, 5) is 14.6. The molecule has 1 aromatic carbocycles. The number of pyridine rings is 1. The third-order valence-electron chi connectivity index (χ3n) is 2.85. The van der Waals surface area contributed by atoms with Gasteiger partial charge in [-0.3, -0.25) is 4.79 Å². The number of nitrogens with two attached hydrogens (primary N) is 1. The van der Waals surface area contributed by atoms with E-state index in [9.17, 15) is 22.4 Å². The lowest BCUT2D eigenvalue weighted by Crippen LogP contribution is -2.29. The number of nitrogen functional groups attached to an aromatic ring is 1. The first-order valence-electron chi connectivity index (χ1n) is 6.45. The van der Waals surface area contributed by atoms with E-state index in [-0.39, 0.29) is 23.0 Å². The van der Waals surface area contributed by atoms with Crippen LogP contribution in [-0.4, -0.2) is 17.1 Å². The second-order valence-corrected chi connectivity index (χ2v) is 4.51. The van der Waals surface area contributed by atoms with E-state index in [2.05, 4.69) is 11.6 Å². The standard InChI is InChI=1S/C15H11F4N3O2/c1-2-9-11(5-6-21-13(9)20)24-12-4-3-8(7-10(12)16)22-14(23)15(17,18)19/h2-7H,1H2,(H2,20,21)(H,22,23). The molecule has 0 bridgehead atoms. The number of hydrogen-bond donors (Lipinski definition) is 2. The molecule has 0 unspecified atom stereocenters. The number of halogens is 4. The Morgan fingerprint density at radius 1 is 1.29 bits per heavy atom.